The molecule has 0 bridgehead atoms. The Morgan fingerprint density at radius 3 is 2.67 bits per heavy atom. The molecule has 86 valence electrons. The standard InChI is InChI=1S/C13H24N2/c1-13(2,3)12-8-4-6-10-15(12)11-7-5-9-14/h12H,4-8,10-11H2,1-3H3. The van der Waals surface area contributed by atoms with Crippen LogP contribution in [0.15, 0.2) is 0 Å². The van der Waals surface area contributed by atoms with Crippen LogP contribution in [0.4, 0.5) is 0 Å². The maximum absolute atomic E-state index is 8.55. The van der Waals surface area contributed by atoms with E-state index in [4.69, 9.17) is 5.26 Å². The van der Waals surface area contributed by atoms with Gasteiger partial charge in [-0.15, -0.1) is 0 Å². The third kappa shape index (κ3) is 3.83. The van der Waals surface area contributed by atoms with Crippen molar-refractivity contribution in [3.8, 4) is 6.07 Å². The molecule has 0 N–H and O–H groups in total. The predicted octanol–water partition coefficient (Wildman–Crippen LogP) is 3.19. The summed E-state index contributed by atoms with van der Waals surface area (Å²) in [5.74, 6) is 0. The van der Waals surface area contributed by atoms with Crippen LogP contribution in [0.2, 0.25) is 0 Å². The van der Waals surface area contributed by atoms with E-state index in [1.54, 1.807) is 0 Å². The first kappa shape index (κ1) is 12.5. The molecule has 1 aliphatic rings. The van der Waals surface area contributed by atoms with Gasteiger partial charge in [0.05, 0.1) is 6.07 Å². The molecule has 1 unspecified atom stereocenters. The molecule has 0 radical (unpaired) electrons. The summed E-state index contributed by atoms with van der Waals surface area (Å²) in [4.78, 5) is 2.60. The molecular formula is C13H24N2. The fourth-order valence-corrected chi connectivity index (χ4v) is 2.60. The SMILES string of the molecule is CC(C)(C)C1CCCCN1CCCC#N. The Kier molecular flexibility index (Phi) is 4.60. The number of nitriles is 1. The van der Waals surface area contributed by atoms with Crippen molar-refractivity contribution in [1.82, 2.24) is 4.90 Å². The smallest absolute Gasteiger partial charge is 0.0622 e. The molecule has 1 fully saturated rings. The Bertz CT molecular complexity index is 222. The molecule has 1 atom stereocenters. The van der Waals surface area contributed by atoms with Gasteiger partial charge in [-0.2, -0.15) is 5.26 Å². The van der Waals surface area contributed by atoms with Gasteiger partial charge in [0.2, 0.25) is 0 Å². The van der Waals surface area contributed by atoms with E-state index in [0.717, 1.165) is 13.0 Å². The highest BCUT2D eigenvalue weighted by atomic mass is 15.2. The third-order valence-corrected chi connectivity index (χ3v) is 3.35. The number of likely N-dealkylation sites (tertiary alicyclic amines) is 1. The van der Waals surface area contributed by atoms with E-state index in [0.29, 0.717) is 17.9 Å². The van der Waals surface area contributed by atoms with Crippen LogP contribution in [0.3, 0.4) is 0 Å². The van der Waals surface area contributed by atoms with Crippen LogP contribution in [0, 0.1) is 16.7 Å². The zero-order valence-electron chi connectivity index (χ0n) is 10.4. The molecule has 0 aromatic rings. The van der Waals surface area contributed by atoms with E-state index < -0.39 is 0 Å². The maximum atomic E-state index is 8.55. The fourth-order valence-electron chi connectivity index (χ4n) is 2.60. The van der Waals surface area contributed by atoms with Crippen LogP contribution >= 0.6 is 0 Å². The van der Waals surface area contributed by atoms with Gasteiger partial charge < -0.3 is 0 Å². The first-order valence-electron chi connectivity index (χ1n) is 6.16. The second-order valence-electron chi connectivity index (χ2n) is 5.68. The van der Waals surface area contributed by atoms with Gasteiger partial charge in [0.1, 0.15) is 0 Å². The van der Waals surface area contributed by atoms with E-state index in [1.807, 2.05) is 0 Å². The maximum Gasteiger partial charge on any atom is 0.0622 e. The van der Waals surface area contributed by atoms with Crippen molar-refractivity contribution in [3.05, 3.63) is 0 Å². The molecule has 2 nitrogen and oxygen atoms in total. The molecule has 0 saturated carbocycles. The second-order valence-corrected chi connectivity index (χ2v) is 5.68. The van der Waals surface area contributed by atoms with Crippen molar-refractivity contribution in [2.75, 3.05) is 13.1 Å². The van der Waals surface area contributed by atoms with Crippen molar-refractivity contribution in [2.45, 2.75) is 58.9 Å². The average Bonchev–Trinajstić information content (AvgIpc) is 2.17. The van der Waals surface area contributed by atoms with Crippen LogP contribution in [0.5, 0.6) is 0 Å². The minimum absolute atomic E-state index is 0.382. The molecule has 1 aliphatic heterocycles. The normalized spacial score (nSPS) is 23.7. The largest absolute Gasteiger partial charge is 0.300 e. The number of nitrogens with zero attached hydrogens (tertiary/aromatic N) is 2. The van der Waals surface area contributed by atoms with Crippen LogP contribution in [0.1, 0.15) is 52.9 Å². The lowest BCUT2D eigenvalue weighted by Gasteiger charge is -2.43. The Labute approximate surface area is 94.3 Å². The summed E-state index contributed by atoms with van der Waals surface area (Å²) in [6, 6.07) is 2.95. The molecule has 1 heterocycles. The second kappa shape index (κ2) is 5.51. The highest BCUT2D eigenvalue weighted by Crippen LogP contribution is 2.31. The zero-order valence-corrected chi connectivity index (χ0v) is 10.4. The van der Waals surface area contributed by atoms with E-state index in [-0.39, 0.29) is 0 Å². The third-order valence-electron chi connectivity index (χ3n) is 3.35. The minimum atomic E-state index is 0.382. The quantitative estimate of drug-likeness (QED) is 0.666. The molecule has 0 aromatic heterocycles. The van der Waals surface area contributed by atoms with Crippen LogP contribution in [-0.4, -0.2) is 24.0 Å². The predicted molar refractivity (Wildman–Crippen MR) is 63.5 cm³/mol. The summed E-state index contributed by atoms with van der Waals surface area (Å²) in [6.45, 7) is 9.34. The van der Waals surface area contributed by atoms with Crippen molar-refractivity contribution in [1.29, 1.82) is 5.26 Å². The Morgan fingerprint density at radius 2 is 2.07 bits per heavy atom. The highest BCUT2D eigenvalue weighted by molar-refractivity contribution is 4.86. The van der Waals surface area contributed by atoms with Crippen LogP contribution in [0.25, 0.3) is 0 Å². The number of hydrogen-bond donors (Lipinski definition) is 0. The van der Waals surface area contributed by atoms with Gasteiger partial charge in [0, 0.05) is 12.5 Å². The van der Waals surface area contributed by atoms with Gasteiger partial charge in [-0.1, -0.05) is 27.2 Å². The molecule has 0 aromatic carbocycles. The lowest BCUT2D eigenvalue weighted by atomic mass is 9.80. The lowest BCUT2D eigenvalue weighted by Crippen LogP contribution is -2.47. The first-order valence-corrected chi connectivity index (χ1v) is 6.16. The van der Waals surface area contributed by atoms with Crippen molar-refractivity contribution in [3.63, 3.8) is 0 Å². The summed E-state index contributed by atoms with van der Waals surface area (Å²) < 4.78 is 0. The average molecular weight is 208 g/mol. The van der Waals surface area contributed by atoms with Gasteiger partial charge in [0.15, 0.2) is 0 Å². The minimum Gasteiger partial charge on any atom is -0.300 e. The zero-order chi connectivity index (χ0) is 11.3. The monoisotopic (exact) mass is 208 g/mol. The van der Waals surface area contributed by atoms with Crippen LogP contribution < -0.4 is 0 Å². The Morgan fingerprint density at radius 1 is 1.33 bits per heavy atom. The summed E-state index contributed by atoms with van der Waals surface area (Å²) in [7, 11) is 0. The Balaban J connectivity index is 2.47. The van der Waals surface area contributed by atoms with Crippen molar-refractivity contribution < 1.29 is 0 Å². The van der Waals surface area contributed by atoms with Crippen LogP contribution in [-0.2, 0) is 0 Å². The van der Waals surface area contributed by atoms with Gasteiger partial charge in [0.25, 0.3) is 0 Å². The number of hydrogen-bond acceptors (Lipinski definition) is 2. The molecule has 1 saturated heterocycles. The molecule has 2 heteroatoms. The van der Waals surface area contributed by atoms with Crippen molar-refractivity contribution >= 4 is 0 Å². The molecule has 0 amide bonds. The van der Waals surface area contributed by atoms with Gasteiger partial charge in [-0.05, 0) is 37.8 Å². The van der Waals surface area contributed by atoms with E-state index in [2.05, 4.69) is 31.7 Å². The Hall–Kier alpha value is -0.550. The van der Waals surface area contributed by atoms with E-state index >= 15 is 0 Å². The topological polar surface area (TPSA) is 27.0 Å². The van der Waals surface area contributed by atoms with Gasteiger partial charge in [-0.3, -0.25) is 4.90 Å². The summed E-state index contributed by atoms with van der Waals surface area (Å²) >= 11 is 0. The summed E-state index contributed by atoms with van der Waals surface area (Å²) in [5.41, 5.74) is 0.382. The molecule has 0 spiro atoms. The number of piperidine rings is 1. The summed E-state index contributed by atoms with van der Waals surface area (Å²) in [6.07, 6.45) is 5.77. The summed E-state index contributed by atoms with van der Waals surface area (Å²) in [5, 5.41) is 8.55. The van der Waals surface area contributed by atoms with Gasteiger partial charge >= 0.3 is 0 Å². The molecule has 0 aliphatic carbocycles. The van der Waals surface area contributed by atoms with Gasteiger partial charge in [-0.25, -0.2) is 0 Å². The lowest BCUT2D eigenvalue weighted by molar-refractivity contribution is 0.0633. The number of unbranched alkanes of at least 4 members (excludes halogenated alkanes) is 1. The molecule has 15 heavy (non-hydrogen) atoms. The fraction of sp³-hybridized carbons (Fsp3) is 0.923. The first-order chi connectivity index (χ1) is 7.05. The molecule has 1 rings (SSSR count). The highest BCUT2D eigenvalue weighted by Gasteiger charge is 2.31. The van der Waals surface area contributed by atoms with E-state index in [1.165, 1.54) is 25.8 Å². The van der Waals surface area contributed by atoms with Crippen molar-refractivity contribution in [2.24, 2.45) is 5.41 Å². The molecular weight excluding hydrogens is 184 g/mol. The number of rotatable bonds is 3. The van der Waals surface area contributed by atoms with E-state index in [9.17, 15) is 0 Å².